The number of hydrogen-bond donors (Lipinski definition) is 2. The van der Waals surface area contributed by atoms with Crippen molar-refractivity contribution < 1.29 is 22.7 Å². The molecular formula is C19H22N2O5S. The van der Waals surface area contributed by atoms with Crippen molar-refractivity contribution in [3.8, 4) is 0 Å². The number of carbonyl (C=O) groups excluding carboxylic acids is 2. The van der Waals surface area contributed by atoms with Crippen LogP contribution in [-0.2, 0) is 19.6 Å². The van der Waals surface area contributed by atoms with Crippen LogP contribution in [0.25, 0.3) is 0 Å². The number of hydrogen-bond acceptors (Lipinski definition) is 5. The van der Waals surface area contributed by atoms with Crippen molar-refractivity contribution in [3.63, 3.8) is 0 Å². The maximum atomic E-state index is 12.3. The van der Waals surface area contributed by atoms with Crippen LogP contribution in [0.15, 0.2) is 59.5 Å². The second-order valence-corrected chi connectivity index (χ2v) is 7.89. The number of nitrogens with one attached hydrogen (secondary N) is 2. The summed E-state index contributed by atoms with van der Waals surface area (Å²) in [6, 6.07) is 13.7. The van der Waals surface area contributed by atoms with Gasteiger partial charge in [-0.15, -0.1) is 0 Å². The lowest BCUT2D eigenvalue weighted by molar-refractivity contribution is -0.129. The Morgan fingerprint density at radius 2 is 1.52 bits per heavy atom. The Labute approximate surface area is 158 Å². The van der Waals surface area contributed by atoms with Gasteiger partial charge in [0, 0.05) is 11.7 Å². The minimum Gasteiger partial charge on any atom is -0.449 e. The summed E-state index contributed by atoms with van der Waals surface area (Å²) < 4.78 is 32.1. The van der Waals surface area contributed by atoms with Gasteiger partial charge >= 0.3 is 5.97 Å². The fourth-order valence-electron chi connectivity index (χ4n) is 2.17. The van der Waals surface area contributed by atoms with E-state index in [1.54, 1.807) is 18.2 Å². The molecule has 2 aromatic rings. The molecular weight excluding hydrogens is 368 g/mol. The van der Waals surface area contributed by atoms with Crippen LogP contribution in [0.3, 0.4) is 0 Å². The topological polar surface area (TPSA) is 102 Å². The van der Waals surface area contributed by atoms with E-state index in [1.165, 1.54) is 43.3 Å². The summed E-state index contributed by atoms with van der Waals surface area (Å²) >= 11 is 0. The van der Waals surface area contributed by atoms with E-state index in [1.807, 2.05) is 13.8 Å². The fourth-order valence-corrected chi connectivity index (χ4v) is 3.25. The first-order valence-electron chi connectivity index (χ1n) is 8.38. The van der Waals surface area contributed by atoms with Crippen LogP contribution in [-0.4, -0.2) is 32.4 Å². The number of esters is 1. The Bertz CT molecular complexity index is 893. The molecule has 7 nitrogen and oxygen atoms in total. The molecule has 0 heterocycles. The van der Waals surface area contributed by atoms with Crippen molar-refractivity contribution >= 4 is 27.6 Å². The number of amides is 1. The molecule has 0 aliphatic carbocycles. The highest BCUT2D eigenvalue weighted by Gasteiger charge is 2.19. The standard InChI is InChI=1S/C19H22N2O5S/c1-13(2)20-18(22)14(3)26-19(23)15-9-11-16(12-10-15)21-27(24,25)17-7-5-4-6-8-17/h4-14,21H,1-3H3,(H,20,22)/t14-/m1/s1. The number of ether oxygens (including phenoxy) is 1. The molecule has 0 bridgehead atoms. The van der Waals surface area contributed by atoms with Gasteiger partial charge in [0.25, 0.3) is 15.9 Å². The Kier molecular flexibility index (Phi) is 6.57. The number of sulfonamides is 1. The van der Waals surface area contributed by atoms with E-state index in [4.69, 9.17) is 4.74 Å². The van der Waals surface area contributed by atoms with Crippen molar-refractivity contribution in [1.82, 2.24) is 5.32 Å². The maximum absolute atomic E-state index is 12.3. The predicted molar refractivity (Wildman–Crippen MR) is 102 cm³/mol. The van der Waals surface area contributed by atoms with Crippen LogP contribution in [0.4, 0.5) is 5.69 Å². The van der Waals surface area contributed by atoms with Gasteiger partial charge in [-0.3, -0.25) is 9.52 Å². The number of rotatable bonds is 7. The summed E-state index contributed by atoms with van der Waals surface area (Å²) in [7, 11) is -3.71. The lowest BCUT2D eigenvalue weighted by Crippen LogP contribution is -2.39. The molecule has 0 aliphatic rings. The quantitative estimate of drug-likeness (QED) is 0.708. The highest BCUT2D eigenvalue weighted by Crippen LogP contribution is 2.17. The zero-order chi connectivity index (χ0) is 20.0. The molecule has 1 amide bonds. The molecule has 0 saturated carbocycles. The zero-order valence-corrected chi connectivity index (χ0v) is 16.1. The number of anilines is 1. The number of benzene rings is 2. The van der Waals surface area contributed by atoms with E-state index in [2.05, 4.69) is 10.0 Å². The molecule has 2 N–H and O–H groups in total. The summed E-state index contributed by atoms with van der Waals surface area (Å²) in [6.07, 6.45) is -0.934. The van der Waals surface area contributed by atoms with E-state index in [9.17, 15) is 18.0 Å². The van der Waals surface area contributed by atoms with Crippen molar-refractivity contribution in [3.05, 3.63) is 60.2 Å². The van der Waals surface area contributed by atoms with Gasteiger partial charge in [-0.2, -0.15) is 0 Å². The first-order valence-corrected chi connectivity index (χ1v) is 9.86. The van der Waals surface area contributed by atoms with Crippen molar-refractivity contribution in [2.45, 2.75) is 37.8 Å². The molecule has 8 heteroatoms. The Hall–Kier alpha value is -2.87. The van der Waals surface area contributed by atoms with E-state index in [0.717, 1.165) is 0 Å². The molecule has 0 saturated heterocycles. The van der Waals surface area contributed by atoms with Gasteiger partial charge in [-0.05, 0) is 57.2 Å². The third-order valence-corrected chi connectivity index (χ3v) is 4.91. The molecule has 0 spiro atoms. The third kappa shape index (κ3) is 5.82. The first kappa shape index (κ1) is 20.4. The average Bonchev–Trinajstić information content (AvgIpc) is 2.62. The number of carbonyl (C=O) groups is 2. The monoisotopic (exact) mass is 390 g/mol. The molecule has 1 atom stereocenters. The summed E-state index contributed by atoms with van der Waals surface area (Å²) in [6.45, 7) is 5.10. The van der Waals surface area contributed by atoms with E-state index in [0.29, 0.717) is 5.69 Å². The second-order valence-electron chi connectivity index (χ2n) is 6.21. The van der Waals surface area contributed by atoms with E-state index >= 15 is 0 Å². The molecule has 2 rings (SSSR count). The lowest BCUT2D eigenvalue weighted by atomic mass is 10.2. The van der Waals surface area contributed by atoms with Crippen molar-refractivity contribution in [2.75, 3.05) is 4.72 Å². The van der Waals surface area contributed by atoms with Crippen LogP contribution in [0.2, 0.25) is 0 Å². The maximum Gasteiger partial charge on any atom is 0.338 e. The van der Waals surface area contributed by atoms with Gasteiger partial charge in [-0.25, -0.2) is 13.2 Å². The van der Waals surface area contributed by atoms with Gasteiger partial charge < -0.3 is 10.1 Å². The minimum atomic E-state index is -3.71. The largest absolute Gasteiger partial charge is 0.449 e. The molecule has 0 radical (unpaired) electrons. The Morgan fingerprint density at radius 1 is 0.926 bits per heavy atom. The normalized spacial score (nSPS) is 12.3. The second kappa shape index (κ2) is 8.68. The summed E-state index contributed by atoms with van der Waals surface area (Å²) in [5.41, 5.74) is 0.517. The lowest BCUT2D eigenvalue weighted by Gasteiger charge is -2.15. The van der Waals surface area contributed by atoms with Crippen LogP contribution in [0.1, 0.15) is 31.1 Å². The summed E-state index contributed by atoms with van der Waals surface area (Å²) in [4.78, 5) is 24.1. The molecule has 0 fully saturated rings. The van der Waals surface area contributed by atoms with Gasteiger partial charge in [0.05, 0.1) is 10.5 Å². The van der Waals surface area contributed by atoms with E-state index in [-0.39, 0.29) is 22.4 Å². The fraction of sp³-hybridized carbons (Fsp3) is 0.263. The summed E-state index contributed by atoms with van der Waals surface area (Å²) in [5.74, 6) is -1.05. The molecule has 27 heavy (non-hydrogen) atoms. The molecule has 0 aliphatic heterocycles. The van der Waals surface area contributed by atoms with Gasteiger partial charge in [0.1, 0.15) is 0 Å². The molecule has 144 valence electrons. The van der Waals surface area contributed by atoms with E-state index < -0.39 is 22.1 Å². The Balaban J connectivity index is 2.02. The average molecular weight is 390 g/mol. The molecule has 0 unspecified atom stereocenters. The van der Waals surface area contributed by atoms with Crippen LogP contribution >= 0.6 is 0 Å². The van der Waals surface area contributed by atoms with Crippen LogP contribution in [0.5, 0.6) is 0 Å². The van der Waals surface area contributed by atoms with Gasteiger partial charge in [-0.1, -0.05) is 18.2 Å². The first-order chi connectivity index (χ1) is 12.7. The third-order valence-electron chi connectivity index (χ3n) is 3.51. The summed E-state index contributed by atoms with van der Waals surface area (Å²) in [5, 5.41) is 2.66. The smallest absolute Gasteiger partial charge is 0.338 e. The Morgan fingerprint density at radius 3 is 2.07 bits per heavy atom. The van der Waals surface area contributed by atoms with Crippen LogP contribution < -0.4 is 10.0 Å². The molecule has 2 aromatic carbocycles. The van der Waals surface area contributed by atoms with Crippen LogP contribution in [0, 0.1) is 0 Å². The highest BCUT2D eigenvalue weighted by molar-refractivity contribution is 7.92. The SMILES string of the molecule is CC(C)NC(=O)[C@@H](C)OC(=O)c1ccc(NS(=O)(=O)c2ccccc2)cc1. The van der Waals surface area contributed by atoms with Gasteiger partial charge in [0.15, 0.2) is 6.10 Å². The van der Waals surface area contributed by atoms with Crippen molar-refractivity contribution in [1.29, 1.82) is 0 Å². The predicted octanol–water partition coefficient (Wildman–Crippen LogP) is 2.56. The minimum absolute atomic E-state index is 0.0597. The zero-order valence-electron chi connectivity index (χ0n) is 15.3. The highest BCUT2D eigenvalue weighted by atomic mass is 32.2. The van der Waals surface area contributed by atoms with Crippen molar-refractivity contribution in [2.24, 2.45) is 0 Å². The van der Waals surface area contributed by atoms with Gasteiger partial charge in [0.2, 0.25) is 0 Å². The molecule has 0 aromatic heterocycles.